The van der Waals surface area contributed by atoms with Crippen LogP contribution in [0.1, 0.15) is 0 Å². The van der Waals surface area contributed by atoms with Crippen molar-refractivity contribution in [1.29, 1.82) is 10.5 Å². The highest BCUT2D eigenvalue weighted by atomic mass is 16.4. The lowest BCUT2D eigenvalue weighted by atomic mass is 9.80. The lowest BCUT2D eigenvalue weighted by molar-refractivity contribution is 0.426. The number of hydrazone groups is 1. The van der Waals surface area contributed by atoms with Crippen molar-refractivity contribution in [3.8, 4) is 12.1 Å². The number of nitriles is 2. The van der Waals surface area contributed by atoms with Gasteiger partial charge >= 0.3 is 7.12 Å². The van der Waals surface area contributed by atoms with Crippen molar-refractivity contribution in [2.24, 2.45) is 5.10 Å². The molecule has 3 N–H and O–H groups in total. The van der Waals surface area contributed by atoms with Crippen LogP contribution < -0.4 is 10.9 Å². The Morgan fingerprint density at radius 1 is 1.19 bits per heavy atom. The SMILES string of the molecule is N#CC(C#N)=NNc1ccc(B(O)O)cc1. The van der Waals surface area contributed by atoms with Gasteiger partial charge in [0.2, 0.25) is 5.71 Å². The van der Waals surface area contributed by atoms with Crippen LogP contribution in [0.2, 0.25) is 0 Å². The molecule has 6 nitrogen and oxygen atoms in total. The Kier molecular flexibility index (Phi) is 4.04. The zero-order valence-electron chi connectivity index (χ0n) is 8.12. The average Bonchev–Trinajstić information content (AvgIpc) is 2.31. The first kappa shape index (κ1) is 11.7. The summed E-state index contributed by atoms with van der Waals surface area (Å²) in [4.78, 5) is 0. The fourth-order valence-electron chi connectivity index (χ4n) is 0.925. The van der Waals surface area contributed by atoms with Gasteiger partial charge in [0.1, 0.15) is 12.1 Å². The van der Waals surface area contributed by atoms with Gasteiger partial charge in [-0.25, -0.2) is 0 Å². The van der Waals surface area contributed by atoms with Gasteiger partial charge in [-0.2, -0.15) is 15.6 Å². The zero-order valence-corrected chi connectivity index (χ0v) is 8.12. The summed E-state index contributed by atoms with van der Waals surface area (Å²) < 4.78 is 0. The van der Waals surface area contributed by atoms with E-state index < -0.39 is 7.12 Å². The third-order valence-electron chi connectivity index (χ3n) is 1.72. The van der Waals surface area contributed by atoms with Crippen LogP contribution in [-0.2, 0) is 0 Å². The topological polar surface area (TPSA) is 112 Å². The van der Waals surface area contributed by atoms with Crippen molar-refractivity contribution < 1.29 is 10.0 Å². The van der Waals surface area contributed by atoms with Crippen LogP contribution in [0.5, 0.6) is 0 Å². The maximum Gasteiger partial charge on any atom is 0.488 e. The second-order valence-corrected chi connectivity index (χ2v) is 2.79. The van der Waals surface area contributed by atoms with E-state index >= 15 is 0 Å². The molecule has 0 saturated carbocycles. The van der Waals surface area contributed by atoms with E-state index in [9.17, 15) is 0 Å². The molecule has 0 fully saturated rings. The van der Waals surface area contributed by atoms with Crippen molar-refractivity contribution >= 4 is 24.0 Å². The van der Waals surface area contributed by atoms with E-state index in [2.05, 4.69) is 10.5 Å². The predicted octanol–water partition coefficient (Wildman–Crippen LogP) is -0.819. The first-order valence-corrected chi connectivity index (χ1v) is 4.27. The third-order valence-corrected chi connectivity index (χ3v) is 1.72. The molecule has 0 aliphatic heterocycles. The number of benzene rings is 1. The Morgan fingerprint density at radius 2 is 1.75 bits per heavy atom. The van der Waals surface area contributed by atoms with Crippen LogP contribution in [0.15, 0.2) is 29.4 Å². The normalized spacial score (nSPS) is 8.50. The van der Waals surface area contributed by atoms with Crippen LogP contribution in [0.25, 0.3) is 0 Å². The van der Waals surface area contributed by atoms with Gasteiger partial charge in [-0.1, -0.05) is 12.1 Å². The molecular weight excluding hydrogens is 207 g/mol. The number of anilines is 1. The summed E-state index contributed by atoms with van der Waals surface area (Å²) in [6, 6.07) is 9.26. The monoisotopic (exact) mass is 214 g/mol. The van der Waals surface area contributed by atoms with Gasteiger partial charge in [0.25, 0.3) is 0 Å². The summed E-state index contributed by atoms with van der Waals surface area (Å²) >= 11 is 0. The maximum absolute atomic E-state index is 8.83. The molecule has 0 aliphatic rings. The third kappa shape index (κ3) is 3.10. The number of nitrogens with one attached hydrogen (secondary N) is 1. The molecule has 0 unspecified atom stereocenters. The number of rotatable bonds is 3. The summed E-state index contributed by atoms with van der Waals surface area (Å²) in [6.45, 7) is 0. The van der Waals surface area contributed by atoms with Crippen LogP contribution in [0.3, 0.4) is 0 Å². The Bertz CT molecular complexity index is 454. The largest absolute Gasteiger partial charge is 0.488 e. The highest BCUT2D eigenvalue weighted by Gasteiger charge is 2.09. The van der Waals surface area contributed by atoms with Gasteiger partial charge in [-0.05, 0) is 17.6 Å². The Balaban J connectivity index is 2.75. The quantitative estimate of drug-likeness (QED) is 0.345. The molecule has 0 bridgehead atoms. The zero-order chi connectivity index (χ0) is 12.0. The molecule has 0 radical (unpaired) electrons. The minimum Gasteiger partial charge on any atom is -0.423 e. The molecule has 0 saturated heterocycles. The second-order valence-electron chi connectivity index (χ2n) is 2.79. The van der Waals surface area contributed by atoms with E-state index in [4.69, 9.17) is 20.6 Å². The fraction of sp³-hybridized carbons (Fsp3) is 0. The van der Waals surface area contributed by atoms with Gasteiger partial charge in [-0.15, -0.1) is 0 Å². The molecule has 1 aromatic carbocycles. The smallest absolute Gasteiger partial charge is 0.423 e. The van der Waals surface area contributed by atoms with Gasteiger partial charge in [-0.3, -0.25) is 5.43 Å². The molecule has 78 valence electrons. The number of hydrogen-bond acceptors (Lipinski definition) is 6. The van der Waals surface area contributed by atoms with Gasteiger partial charge < -0.3 is 10.0 Å². The lowest BCUT2D eigenvalue weighted by Crippen LogP contribution is -2.29. The molecule has 16 heavy (non-hydrogen) atoms. The van der Waals surface area contributed by atoms with E-state index in [-0.39, 0.29) is 5.71 Å². The van der Waals surface area contributed by atoms with E-state index in [1.165, 1.54) is 12.1 Å². The molecule has 1 rings (SSSR count). The van der Waals surface area contributed by atoms with E-state index in [0.717, 1.165) is 0 Å². The van der Waals surface area contributed by atoms with E-state index in [1.54, 1.807) is 24.3 Å². The lowest BCUT2D eigenvalue weighted by Gasteiger charge is -2.01. The van der Waals surface area contributed by atoms with Crippen molar-refractivity contribution in [2.45, 2.75) is 0 Å². The van der Waals surface area contributed by atoms with Crippen LogP contribution in [-0.4, -0.2) is 22.9 Å². The summed E-state index contributed by atoms with van der Waals surface area (Å²) in [5, 5.41) is 38.0. The molecule has 0 amide bonds. The minimum atomic E-state index is -1.52. The molecule has 0 atom stereocenters. The predicted molar refractivity (Wildman–Crippen MR) is 58.6 cm³/mol. The van der Waals surface area contributed by atoms with Crippen molar-refractivity contribution in [1.82, 2.24) is 0 Å². The fourth-order valence-corrected chi connectivity index (χ4v) is 0.925. The van der Waals surface area contributed by atoms with E-state index in [1.807, 2.05) is 0 Å². The summed E-state index contributed by atoms with van der Waals surface area (Å²) in [5.74, 6) is 0. The van der Waals surface area contributed by atoms with Gasteiger partial charge in [0, 0.05) is 0 Å². The van der Waals surface area contributed by atoms with E-state index in [0.29, 0.717) is 11.2 Å². The molecule has 0 spiro atoms. The highest BCUT2D eigenvalue weighted by molar-refractivity contribution is 6.58. The van der Waals surface area contributed by atoms with Crippen molar-refractivity contribution in [2.75, 3.05) is 5.43 Å². The second kappa shape index (κ2) is 5.52. The number of nitrogens with zero attached hydrogens (tertiary/aromatic N) is 3. The number of hydrogen-bond donors (Lipinski definition) is 3. The van der Waals surface area contributed by atoms with Crippen LogP contribution >= 0.6 is 0 Å². The Morgan fingerprint density at radius 3 is 2.19 bits per heavy atom. The molecular formula is C9H7BN4O2. The molecule has 0 aromatic heterocycles. The molecule has 1 aromatic rings. The summed E-state index contributed by atoms with van der Waals surface area (Å²) in [5.41, 5.74) is 3.08. The van der Waals surface area contributed by atoms with Gasteiger partial charge in [0.15, 0.2) is 0 Å². The molecule has 0 heterocycles. The maximum atomic E-state index is 8.83. The molecule has 0 aliphatic carbocycles. The minimum absolute atomic E-state index is 0.286. The first-order valence-electron chi connectivity index (χ1n) is 4.27. The first-order chi connectivity index (χ1) is 7.67. The average molecular weight is 214 g/mol. The Labute approximate surface area is 92.2 Å². The highest BCUT2D eigenvalue weighted by Crippen LogP contribution is 2.03. The van der Waals surface area contributed by atoms with Crippen LogP contribution in [0.4, 0.5) is 5.69 Å². The Hall–Kier alpha value is -2.35. The summed E-state index contributed by atoms with van der Waals surface area (Å²) in [6.07, 6.45) is 0. The summed E-state index contributed by atoms with van der Waals surface area (Å²) in [7, 11) is -1.52. The van der Waals surface area contributed by atoms with Crippen molar-refractivity contribution in [3.63, 3.8) is 0 Å². The standard InChI is InChI=1S/C9H7BN4O2/c11-5-9(6-12)14-13-8-3-1-7(2-4-8)10(15)16/h1-4,13,15-16H. The van der Waals surface area contributed by atoms with Crippen LogP contribution in [0, 0.1) is 22.7 Å². The molecule has 7 heteroatoms. The van der Waals surface area contributed by atoms with Crippen molar-refractivity contribution in [3.05, 3.63) is 24.3 Å². The van der Waals surface area contributed by atoms with Gasteiger partial charge in [0.05, 0.1) is 5.69 Å².